The van der Waals surface area contributed by atoms with Gasteiger partial charge in [0.1, 0.15) is 0 Å². The van der Waals surface area contributed by atoms with Crippen LogP contribution in [0.1, 0.15) is 22.3 Å². The molecule has 0 atom stereocenters. The molecule has 8 aromatic rings. The maximum atomic E-state index is 2.47. The molecule has 1 heteroatoms. The van der Waals surface area contributed by atoms with E-state index in [-0.39, 0.29) is 0 Å². The molecule has 0 radical (unpaired) electrons. The van der Waals surface area contributed by atoms with Crippen molar-refractivity contribution in [3.05, 3.63) is 222 Å². The van der Waals surface area contributed by atoms with Gasteiger partial charge in [-0.1, -0.05) is 176 Å². The normalized spacial score (nSPS) is 12.8. The van der Waals surface area contributed by atoms with E-state index in [2.05, 4.69) is 205 Å². The lowest BCUT2D eigenvalue weighted by atomic mass is 9.68. The summed E-state index contributed by atoms with van der Waals surface area (Å²) in [5.41, 5.74) is 13.0. The number of benzene rings is 8. The molecular formula is C47H33N. The van der Waals surface area contributed by atoms with Crippen LogP contribution in [0, 0.1) is 0 Å². The Morgan fingerprint density at radius 1 is 0.333 bits per heavy atom. The first-order valence-corrected chi connectivity index (χ1v) is 16.6. The summed E-state index contributed by atoms with van der Waals surface area (Å²) in [6.45, 7) is 0. The minimum atomic E-state index is -0.470. The van der Waals surface area contributed by atoms with Crippen LogP contribution in [0.3, 0.4) is 0 Å². The Morgan fingerprint density at radius 2 is 0.833 bits per heavy atom. The lowest BCUT2D eigenvalue weighted by Crippen LogP contribution is -2.28. The third-order valence-electron chi connectivity index (χ3n) is 9.94. The largest absolute Gasteiger partial charge is 0.309 e. The van der Waals surface area contributed by atoms with Gasteiger partial charge in [-0.25, -0.2) is 0 Å². The van der Waals surface area contributed by atoms with Crippen molar-refractivity contribution < 1.29 is 0 Å². The van der Waals surface area contributed by atoms with E-state index in [0.717, 1.165) is 17.1 Å². The van der Waals surface area contributed by atoms with E-state index in [0.29, 0.717) is 0 Å². The molecular weight excluding hydrogens is 579 g/mol. The predicted molar refractivity (Wildman–Crippen MR) is 201 cm³/mol. The summed E-state index contributed by atoms with van der Waals surface area (Å²) in [7, 11) is 0. The molecule has 0 heterocycles. The molecule has 1 aliphatic carbocycles. The van der Waals surface area contributed by atoms with Gasteiger partial charge in [-0.2, -0.15) is 0 Å². The molecule has 0 saturated heterocycles. The molecule has 1 nitrogen and oxygen atoms in total. The number of para-hydroxylation sites is 2. The molecule has 226 valence electrons. The zero-order chi connectivity index (χ0) is 31.9. The second-order valence-electron chi connectivity index (χ2n) is 12.4. The Bertz CT molecular complexity index is 2350. The van der Waals surface area contributed by atoms with Gasteiger partial charge in [0.2, 0.25) is 0 Å². The van der Waals surface area contributed by atoms with E-state index in [1.807, 2.05) is 0 Å². The van der Waals surface area contributed by atoms with E-state index < -0.39 is 5.41 Å². The predicted octanol–water partition coefficient (Wildman–Crippen LogP) is 12.3. The lowest BCUT2D eigenvalue weighted by molar-refractivity contribution is 0.768. The molecule has 48 heavy (non-hydrogen) atoms. The summed E-state index contributed by atoms with van der Waals surface area (Å²) >= 11 is 0. The molecule has 8 aromatic carbocycles. The maximum Gasteiger partial charge on any atom is 0.0714 e. The highest BCUT2D eigenvalue weighted by molar-refractivity contribution is 6.03. The van der Waals surface area contributed by atoms with Crippen LogP contribution >= 0.6 is 0 Å². The van der Waals surface area contributed by atoms with Gasteiger partial charge in [0.15, 0.2) is 0 Å². The summed E-state index contributed by atoms with van der Waals surface area (Å²) in [4.78, 5) is 2.47. The van der Waals surface area contributed by atoms with Crippen LogP contribution in [0.15, 0.2) is 200 Å². The van der Waals surface area contributed by atoms with Crippen molar-refractivity contribution in [3.63, 3.8) is 0 Å². The molecule has 0 unspecified atom stereocenters. The van der Waals surface area contributed by atoms with Crippen molar-refractivity contribution in [1.29, 1.82) is 0 Å². The van der Waals surface area contributed by atoms with Gasteiger partial charge in [-0.15, -0.1) is 0 Å². The van der Waals surface area contributed by atoms with Gasteiger partial charge in [-0.3, -0.25) is 0 Å². The topological polar surface area (TPSA) is 3.24 Å². The fourth-order valence-electron chi connectivity index (χ4n) is 8.00. The van der Waals surface area contributed by atoms with Gasteiger partial charge in [0.25, 0.3) is 0 Å². The third kappa shape index (κ3) is 4.25. The fraction of sp³-hybridized carbons (Fsp3) is 0.0213. The molecule has 0 bridgehead atoms. The minimum Gasteiger partial charge on any atom is -0.309 e. The van der Waals surface area contributed by atoms with Crippen LogP contribution in [0.5, 0.6) is 0 Å². The number of nitrogens with zero attached hydrogens (tertiary/aromatic N) is 1. The average molecular weight is 612 g/mol. The van der Waals surface area contributed by atoms with Crippen LogP contribution in [0.25, 0.3) is 33.0 Å². The first-order chi connectivity index (χ1) is 23.9. The van der Waals surface area contributed by atoms with Crippen molar-refractivity contribution in [1.82, 2.24) is 0 Å². The molecule has 1 aliphatic rings. The minimum absolute atomic E-state index is 0.470. The molecule has 0 spiro atoms. The summed E-state index contributed by atoms with van der Waals surface area (Å²) in [6.07, 6.45) is 0. The van der Waals surface area contributed by atoms with Crippen molar-refractivity contribution in [2.24, 2.45) is 0 Å². The fourth-order valence-corrected chi connectivity index (χ4v) is 8.00. The van der Waals surface area contributed by atoms with Crippen LogP contribution in [0.4, 0.5) is 17.1 Å². The zero-order valence-electron chi connectivity index (χ0n) is 26.5. The number of hydrogen-bond donors (Lipinski definition) is 0. The maximum absolute atomic E-state index is 2.47. The van der Waals surface area contributed by atoms with Crippen LogP contribution in [0.2, 0.25) is 0 Å². The van der Waals surface area contributed by atoms with E-state index in [1.54, 1.807) is 0 Å². The molecule has 0 aliphatic heterocycles. The van der Waals surface area contributed by atoms with Crippen molar-refractivity contribution in [2.45, 2.75) is 5.41 Å². The van der Waals surface area contributed by atoms with E-state index in [1.165, 1.54) is 55.3 Å². The molecule has 0 aromatic heterocycles. The Hall–Kier alpha value is -6.18. The summed E-state index contributed by atoms with van der Waals surface area (Å²) in [5, 5.41) is 2.48. The number of rotatable bonds is 6. The van der Waals surface area contributed by atoms with E-state index in [4.69, 9.17) is 0 Å². The Kier molecular flexibility index (Phi) is 6.76. The van der Waals surface area contributed by atoms with Crippen LogP contribution in [-0.2, 0) is 5.41 Å². The van der Waals surface area contributed by atoms with E-state index >= 15 is 0 Å². The second-order valence-corrected chi connectivity index (χ2v) is 12.4. The first kappa shape index (κ1) is 28.1. The Labute approximate surface area is 282 Å². The molecule has 0 N–H and O–H groups in total. The summed E-state index contributed by atoms with van der Waals surface area (Å²) < 4.78 is 0. The highest BCUT2D eigenvalue weighted by atomic mass is 15.1. The molecule has 0 saturated carbocycles. The quantitative estimate of drug-likeness (QED) is 0.181. The van der Waals surface area contributed by atoms with Crippen molar-refractivity contribution >= 4 is 27.8 Å². The van der Waals surface area contributed by atoms with Crippen LogP contribution < -0.4 is 4.90 Å². The number of anilines is 3. The molecule has 0 amide bonds. The first-order valence-electron chi connectivity index (χ1n) is 16.6. The molecule has 9 rings (SSSR count). The molecule has 0 fully saturated rings. The Balaban J connectivity index is 1.38. The Morgan fingerprint density at radius 3 is 1.58 bits per heavy atom. The zero-order valence-corrected chi connectivity index (χ0v) is 26.5. The third-order valence-corrected chi connectivity index (χ3v) is 9.94. The van der Waals surface area contributed by atoms with Crippen LogP contribution in [-0.4, -0.2) is 0 Å². The van der Waals surface area contributed by atoms with Gasteiger partial charge in [-0.05, 0) is 68.4 Å². The van der Waals surface area contributed by atoms with Crippen molar-refractivity contribution in [2.75, 3.05) is 4.90 Å². The average Bonchev–Trinajstić information content (AvgIpc) is 3.48. The highest BCUT2D eigenvalue weighted by Gasteiger charge is 2.47. The number of hydrogen-bond acceptors (Lipinski definition) is 1. The number of fused-ring (bicyclic) bond motifs is 4. The second kappa shape index (κ2) is 11.6. The smallest absolute Gasteiger partial charge is 0.0714 e. The van der Waals surface area contributed by atoms with Gasteiger partial charge < -0.3 is 4.90 Å². The van der Waals surface area contributed by atoms with Gasteiger partial charge in [0.05, 0.1) is 16.8 Å². The van der Waals surface area contributed by atoms with Gasteiger partial charge >= 0.3 is 0 Å². The van der Waals surface area contributed by atoms with Crippen molar-refractivity contribution in [3.8, 4) is 22.3 Å². The lowest BCUT2D eigenvalue weighted by Gasteiger charge is -2.34. The highest BCUT2D eigenvalue weighted by Crippen LogP contribution is 2.59. The standard InChI is InChI=1S/C47H33N/c1-4-20-35(21-5-1)47(36-22-6-2-7-23-36)42-30-14-12-28-41(42)46-43(47)31-17-33-45(46)48(37-24-8-3-9-25-37)44-32-15-13-27-40(44)39-29-16-19-34-18-10-11-26-38(34)39/h1-33H. The van der Waals surface area contributed by atoms with Gasteiger partial charge in [0, 0.05) is 16.8 Å². The monoisotopic (exact) mass is 611 g/mol. The van der Waals surface area contributed by atoms with E-state index in [9.17, 15) is 0 Å². The SMILES string of the molecule is c1ccc(N(c2ccccc2-c2cccc3ccccc23)c2cccc3c2-c2ccccc2C3(c2ccccc2)c2ccccc2)cc1. The summed E-state index contributed by atoms with van der Waals surface area (Å²) in [6, 6.07) is 72.9. The summed E-state index contributed by atoms with van der Waals surface area (Å²) in [5.74, 6) is 0.